The first kappa shape index (κ1) is 71.3. The summed E-state index contributed by atoms with van der Waals surface area (Å²) < 4.78 is 0. The molecule has 83 heavy (non-hydrogen) atoms. The zero-order valence-electron chi connectivity index (χ0n) is 46.2. The number of carboxylic acid groups (broad SMARTS) is 1. The zero-order chi connectivity index (χ0) is 62.3. The van der Waals surface area contributed by atoms with Gasteiger partial charge in [0.1, 0.15) is 54.4 Å². The number of carboxylic acids is 1. The summed E-state index contributed by atoms with van der Waals surface area (Å²) in [5, 5.41) is 62.1. The highest BCUT2D eigenvalue weighted by atomic mass is 32.1. The monoisotopic (exact) mass is 1200 g/mol. The maximum absolute atomic E-state index is 14.1. The third-order valence-corrected chi connectivity index (χ3v) is 13.0. The van der Waals surface area contributed by atoms with Crippen LogP contribution in [0.15, 0.2) is 70.6 Å². The minimum atomic E-state index is -1.87. The number of thiol groups is 2. The number of nitrogens with two attached hydrogens (primary N) is 5. The molecule has 9 amide bonds. The van der Waals surface area contributed by atoms with E-state index in [-0.39, 0.29) is 69.3 Å². The molecule has 460 valence electrons. The van der Waals surface area contributed by atoms with E-state index in [0.717, 1.165) is 12.5 Å². The summed E-state index contributed by atoms with van der Waals surface area (Å²) in [6.07, 6.45) is -1.83. The van der Waals surface area contributed by atoms with Gasteiger partial charge in [0.05, 0.1) is 25.4 Å². The molecular formula is C51H80N16O14S2. The van der Waals surface area contributed by atoms with Crippen LogP contribution in [-0.4, -0.2) is 196 Å². The maximum Gasteiger partial charge on any atom is 0.327 e. The Morgan fingerprint density at radius 3 is 1.25 bits per heavy atom. The Kier molecular flexibility index (Phi) is 32.1. The molecule has 11 atom stereocenters. The fraction of sp³-hybridized carbons (Fsp3) is 0.529. The molecule has 0 bridgehead atoms. The lowest BCUT2D eigenvalue weighted by atomic mass is 10.0. The molecule has 0 unspecified atom stereocenters. The van der Waals surface area contributed by atoms with Crippen molar-refractivity contribution < 1.29 is 68.4 Å². The molecule has 0 aliphatic rings. The van der Waals surface area contributed by atoms with E-state index >= 15 is 0 Å². The van der Waals surface area contributed by atoms with Crippen LogP contribution in [0.25, 0.3) is 0 Å². The third kappa shape index (κ3) is 25.9. The van der Waals surface area contributed by atoms with Gasteiger partial charge in [-0.2, -0.15) is 25.3 Å². The summed E-state index contributed by atoms with van der Waals surface area (Å²) in [4.78, 5) is 142. The van der Waals surface area contributed by atoms with Gasteiger partial charge in [-0.05, 0) is 56.1 Å². The number of aliphatic hydroxyl groups excluding tert-OH is 3. The predicted molar refractivity (Wildman–Crippen MR) is 311 cm³/mol. The van der Waals surface area contributed by atoms with Crippen molar-refractivity contribution in [1.29, 1.82) is 0 Å². The van der Waals surface area contributed by atoms with Crippen molar-refractivity contribution in [1.82, 2.24) is 47.9 Å². The van der Waals surface area contributed by atoms with Gasteiger partial charge in [-0.15, -0.1) is 0 Å². The Hall–Kier alpha value is -7.78. The second kappa shape index (κ2) is 37.3. The number of aliphatic carboxylic acids is 1. The number of rotatable bonds is 37. The van der Waals surface area contributed by atoms with Crippen molar-refractivity contribution in [2.45, 2.75) is 126 Å². The lowest BCUT2D eigenvalue weighted by molar-refractivity contribution is -0.142. The van der Waals surface area contributed by atoms with Crippen LogP contribution in [0.3, 0.4) is 0 Å². The Balaban J connectivity index is 2.33. The van der Waals surface area contributed by atoms with E-state index in [1.54, 1.807) is 74.5 Å². The molecule has 0 saturated heterocycles. The van der Waals surface area contributed by atoms with E-state index in [1.165, 1.54) is 0 Å². The molecule has 32 heteroatoms. The highest BCUT2D eigenvalue weighted by Crippen LogP contribution is 2.11. The molecule has 23 N–H and O–H groups in total. The van der Waals surface area contributed by atoms with Gasteiger partial charge in [-0.1, -0.05) is 74.5 Å². The number of hydrogen-bond donors (Lipinski definition) is 20. The molecule has 0 heterocycles. The van der Waals surface area contributed by atoms with Crippen LogP contribution >= 0.6 is 25.3 Å². The first-order valence-electron chi connectivity index (χ1n) is 26.3. The van der Waals surface area contributed by atoms with E-state index in [0.29, 0.717) is 5.56 Å². The number of nitrogens with zero attached hydrogens (tertiary/aromatic N) is 2. The van der Waals surface area contributed by atoms with Gasteiger partial charge >= 0.3 is 5.97 Å². The first-order valence-corrected chi connectivity index (χ1v) is 27.5. The summed E-state index contributed by atoms with van der Waals surface area (Å²) in [6.45, 7) is 2.03. The largest absolute Gasteiger partial charge is 0.480 e. The minimum Gasteiger partial charge on any atom is -0.480 e. The molecule has 2 aromatic rings. The van der Waals surface area contributed by atoms with Gasteiger partial charge in [0.25, 0.3) is 0 Å². The van der Waals surface area contributed by atoms with Gasteiger partial charge in [0, 0.05) is 31.0 Å². The van der Waals surface area contributed by atoms with Crippen LogP contribution in [0.4, 0.5) is 0 Å². The molecular weight excluding hydrogens is 1120 g/mol. The molecule has 0 fully saturated rings. The number of carbonyl (C=O) groups excluding carboxylic acids is 9. The summed E-state index contributed by atoms with van der Waals surface area (Å²) in [5.74, 6) is -12.3. The standard InChI is InChI=1S/C51H80N16O14S2/c1-26(2)38(47(78)65-37(25-83)49(80)81)66-45(76)35(23-69)62-41(72)31(16-10-18-57-50(53)54)60-46(77)36(24-82)64-44(75)34(22-68)63-48(79)39(27(3)70)67-42(73)32(17-11-19-58-51(55)56)59-43(74)33(21-29-14-8-5-9-15-29)61-40(71)30(52)20-28-12-6-4-7-13-28/h4-9,12-15,26-27,30-39,68-70,82-83H,10-11,16-25,52H2,1-3H3,(H,59,74)(H,60,77)(H,61,71)(H,62,72)(H,63,79)(H,64,75)(H,65,78)(H,66,76)(H,67,73)(H,80,81)(H4,53,54,57)(H4,55,56,58)/t27-,30+,31+,32+,33+,34+,35+,36+,37+,38+,39+/m1/s1. The van der Waals surface area contributed by atoms with Crippen molar-refractivity contribution in [3.05, 3.63) is 71.8 Å². The van der Waals surface area contributed by atoms with E-state index in [9.17, 15) is 68.4 Å². The van der Waals surface area contributed by atoms with Crippen LogP contribution in [0, 0.1) is 5.92 Å². The summed E-state index contributed by atoms with van der Waals surface area (Å²) in [7, 11) is 0. The third-order valence-electron chi connectivity index (χ3n) is 12.3. The molecule has 0 aromatic heterocycles. The van der Waals surface area contributed by atoms with Crippen LogP contribution in [0.2, 0.25) is 0 Å². The second-order valence-corrected chi connectivity index (χ2v) is 20.1. The van der Waals surface area contributed by atoms with Gasteiger partial charge in [0.15, 0.2) is 11.9 Å². The van der Waals surface area contributed by atoms with Crippen LogP contribution in [0.1, 0.15) is 57.6 Å². The maximum atomic E-state index is 14.1. The number of benzene rings is 2. The van der Waals surface area contributed by atoms with Crippen LogP contribution in [0.5, 0.6) is 0 Å². The molecule has 0 radical (unpaired) electrons. The van der Waals surface area contributed by atoms with Crippen molar-refractivity contribution in [2.24, 2.45) is 44.6 Å². The number of aliphatic imine (C=N–C) groups is 2. The quantitative estimate of drug-likeness (QED) is 0.0129. The fourth-order valence-electron chi connectivity index (χ4n) is 7.67. The average Bonchev–Trinajstić information content (AvgIpc) is 3.49. The van der Waals surface area contributed by atoms with E-state index in [4.69, 9.17) is 28.7 Å². The second-order valence-electron chi connectivity index (χ2n) is 19.3. The molecule has 2 rings (SSSR count). The topological polar surface area (TPSA) is 515 Å². The Morgan fingerprint density at radius 1 is 0.470 bits per heavy atom. The van der Waals surface area contributed by atoms with E-state index in [2.05, 4.69) is 83.1 Å². The lowest BCUT2D eigenvalue weighted by Gasteiger charge is -2.28. The van der Waals surface area contributed by atoms with Crippen LogP contribution in [-0.2, 0) is 60.8 Å². The van der Waals surface area contributed by atoms with Crippen molar-refractivity contribution in [3.8, 4) is 0 Å². The highest BCUT2D eigenvalue weighted by Gasteiger charge is 2.37. The first-order chi connectivity index (χ1) is 39.3. The van der Waals surface area contributed by atoms with Gasteiger partial charge in [0.2, 0.25) is 53.2 Å². The lowest BCUT2D eigenvalue weighted by Crippen LogP contribution is -2.63. The number of nitrogens with one attached hydrogen (secondary N) is 9. The van der Waals surface area contributed by atoms with Gasteiger partial charge in [-0.3, -0.25) is 53.1 Å². The number of carbonyl (C=O) groups is 10. The van der Waals surface area contributed by atoms with Gasteiger partial charge < -0.3 is 96.9 Å². The molecule has 0 spiro atoms. The Morgan fingerprint density at radius 2 is 0.819 bits per heavy atom. The van der Waals surface area contributed by atoms with E-state index < -0.39 is 151 Å². The Labute approximate surface area is 490 Å². The highest BCUT2D eigenvalue weighted by molar-refractivity contribution is 7.80. The summed E-state index contributed by atoms with van der Waals surface area (Å²) >= 11 is 8.07. The van der Waals surface area contributed by atoms with E-state index in [1.807, 2.05) is 0 Å². The number of guanidine groups is 2. The summed E-state index contributed by atoms with van der Waals surface area (Å²) in [6, 6.07) is 2.39. The molecule has 0 aliphatic heterocycles. The smallest absolute Gasteiger partial charge is 0.327 e. The predicted octanol–water partition coefficient (Wildman–Crippen LogP) is -6.76. The van der Waals surface area contributed by atoms with Crippen molar-refractivity contribution in [3.63, 3.8) is 0 Å². The van der Waals surface area contributed by atoms with Crippen LogP contribution < -0.4 is 76.5 Å². The number of aliphatic hydroxyl groups is 3. The molecule has 0 aliphatic carbocycles. The summed E-state index contributed by atoms with van der Waals surface area (Å²) in [5.41, 5.74) is 29.5. The van der Waals surface area contributed by atoms with Crippen molar-refractivity contribution >= 4 is 96.3 Å². The SMILES string of the molecule is CC(C)[C@H](NC(=O)[C@H](CO)NC(=O)[C@H](CCCN=C(N)N)NC(=O)[C@H](CS)NC(=O)[C@H](CO)NC(=O)[C@@H](NC(=O)[C@H](CCCN=C(N)N)NC(=O)[C@H](Cc1ccccc1)NC(=O)[C@@H](N)Cc1ccccc1)[C@@H](C)O)C(=O)N[C@@H](CS)C(=O)O. The average molecular weight is 1210 g/mol. The molecule has 30 nitrogen and oxygen atoms in total. The fourth-order valence-corrected chi connectivity index (χ4v) is 8.18. The molecule has 0 saturated carbocycles. The Bertz CT molecular complexity index is 2530. The number of hydrogen-bond acceptors (Lipinski definition) is 18. The minimum absolute atomic E-state index is 0.00533. The normalized spacial score (nSPS) is 15.0. The zero-order valence-corrected chi connectivity index (χ0v) is 48.0. The number of amides is 9. The molecule has 2 aromatic carbocycles. The van der Waals surface area contributed by atoms with Crippen molar-refractivity contribution in [2.75, 3.05) is 37.8 Å². The van der Waals surface area contributed by atoms with Gasteiger partial charge in [-0.25, -0.2) is 4.79 Å².